The third kappa shape index (κ3) is 4.58. The lowest BCUT2D eigenvalue weighted by atomic mass is 10.3. The van der Waals surface area contributed by atoms with Crippen molar-refractivity contribution in [3.63, 3.8) is 0 Å². The summed E-state index contributed by atoms with van der Waals surface area (Å²) in [5.74, 6) is 1.82. The van der Waals surface area contributed by atoms with Crippen molar-refractivity contribution in [1.29, 1.82) is 5.41 Å². The van der Waals surface area contributed by atoms with Crippen LogP contribution in [0.25, 0.3) is 0 Å². The van der Waals surface area contributed by atoms with Crippen LogP contribution >= 0.6 is 23.3 Å². The summed E-state index contributed by atoms with van der Waals surface area (Å²) in [6.45, 7) is 1.97. The summed E-state index contributed by atoms with van der Waals surface area (Å²) in [5, 5.41) is 11.6. The van der Waals surface area contributed by atoms with Crippen molar-refractivity contribution in [3.05, 3.63) is 58.9 Å². The van der Waals surface area contributed by atoms with E-state index in [4.69, 9.17) is 19.9 Å². The van der Waals surface area contributed by atoms with E-state index in [1.54, 1.807) is 36.0 Å². The number of nitrogens with one attached hydrogen (secondary N) is 2. The summed E-state index contributed by atoms with van der Waals surface area (Å²) in [5.41, 5.74) is 1.91. The fourth-order valence-electron chi connectivity index (χ4n) is 2.57. The number of anilines is 1. The standard InChI is InChI=1S/C20H22N4O2S2/c1-13-10-19(21)24(28-13)20(22-14-6-5-7-16(11-14)27-4)23-17-9-8-15(25-2)12-18(17)26-3/h5-12,21H,1-4H3,(H,22,23). The van der Waals surface area contributed by atoms with Crippen molar-refractivity contribution >= 4 is 40.6 Å². The molecule has 28 heavy (non-hydrogen) atoms. The van der Waals surface area contributed by atoms with Gasteiger partial charge in [-0.3, -0.25) is 5.41 Å². The Kier molecular flexibility index (Phi) is 6.43. The number of nitrogens with zero attached hydrogens (tertiary/aromatic N) is 2. The summed E-state index contributed by atoms with van der Waals surface area (Å²) in [6, 6.07) is 15.3. The monoisotopic (exact) mass is 414 g/mol. The first kappa shape index (κ1) is 20.0. The molecule has 0 aliphatic heterocycles. The fourth-order valence-corrected chi connectivity index (χ4v) is 3.81. The van der Waals surface area contributed by atoms with E-state index in [2.05, 4.69) is 17.4 Å². The van der Waals surface area contributed by atoms with Crippen LogP contribution in [0.3, 0.4) is 0 Å². The maximum absolute atomic E-state index is 8.29. The Balaban J connectivity index is 2.09. The second-order valence-electron chi connectivity index (χ2n) is 5.86. The molecule has 0 atom stereocenters. The Morgan fingerprint density at radius 2 is 1.96 bits per heavy atom. The van der Waals surface area contributed by atoms with Gasteiger partial charge in [0.05, 0.1) is 14.2 Å². The van der Waals surface area contributed by atoms with Gasteiger partial charge < -0.3 is 14.8 Å². The molecule has 0 spiro atoms. The van der Waals surface area contributed by atoms with Gasteiger partial charge in [0.1, 0.15) is 22.7 Å². The number of ether oxygens (including phenoxy) is 2. The summed E-state index contributed by atoms with van der Waals surface area (Å²) in [4.78, 5) is 6.94. The number of aryl methyl sites for hydroxylation is 1. The van der Waals surface area contributed by atoms with Crippen LogP contribution in [0, 0.1) is 12.3 Å². The van der Waals surface area contributed by atoms with Crippen molar-refractivity contribution in [2.24, 2.45) is 4.99 Å². The summed E-state index contributed by atoms with van der Waals surface area (Å²) in [7, 11) is 3.21. The van der Waals surface area contributed by atoms with Crippen LogP contribution in [-0.4, -0.2) is 30.4 Å². The van der Waals surface area contributed by atoms with Gasteiger partial charge in [-0.15, -0.1) is 11.8 Å². The largest absolute Gasteiger partial charge is 0.497 e. The average Bonchev–Trinajstić information content (AvgIpc) is 3.05. The lowest BCUT2D eigenvalue weighted by Crippen LogP contribution is -2.28. The van der Waals surface area contributed by atoms with E-state index in [1.165, 1.54) is 11.5 Å². The van der Waals surface area contributed by atoms with Gasteiger partial charge in [0.2, 0.25) is 5.96 Å². The number of hydrogen-bond donors (Lipinski definition) is 2. The molecular formula is C20H22N4O2S2. The maximum atomic E-state index is 8.29. The molecule has 0 saturated carbocycles. The smallest absolute Gasteiger partial charge is 0.223 e. The van der Waals surface area contributed by atoms with Crippen molar-refractivity contribution in [2.75, 3.05) is 25.8 Å². The van der Waals surface area contributed by atoms with E-state index in [1.807, 2.05) is 43.5 Å². The van der Waals surface area contributed by atoms with Gasteiger partial charge in [0, 0.05) is 21.5 Å². The molecule has 0 aliphatic rings. The SMILES string of the molecule is COc1ccc(N=C(Nc2cccc(SC)c2)n2sc(C)cc2=N)c(OC)c1. The van der Waals surface area contributed by atoms with Crippen LogP contribution in [0.1, 0.15) is 4.88 Å². The van der Waals surface area contributed by atoms with Crippen molar-refractivity contribution in [3.8, 4) is 11.5 Å². The van der Waals surface area contributed by atoms with E-state index < -0.39 is 0 Å². The number of thioether (sulfide) groups is 1. The van der Waals surface area contributed by atoms with E-state index in [0.29, 0.717) is 28.6 Å². The molecule has 0 aliphatic carbocycles. The Morgan fingerprint density at radius 3 is 2.61 bits per heavy atom. The highest BCUT2D eigenvalue weighted by Crippen LogP contribution is 2.32. The van der Waals surface area contributed by atoms with Gasteiger partial charge in [0.15, 0.2) is 0 Å². The van der Waals surface area contributed by atoms with Crippen LogP contribution in [-0.2, 0) is 0 Å². The van der Waals surface area contributed by atoms with E-state index in [0.717, 1.165) is 15.5 Å². The zero-order valence-corrected chi connectivity index (χ0v) is 17.8. The first-order chi connectivity index (χ1) is 13.5. The van der Waals surface area contributed by atoms with Gasteiger partial charge in [-0.25, -0.2) is 8.95 Å². The molecule has 6 nitrogen and oxygen atoms in total. The number of methoxy groups -OCH3 is 2. The minimum absolute atomic E-state index is 0.363. The molecule has 0 amide bonds. The van der Waals surface area contributed by atoms with Gasteiger partial charge in [-0.1, -0.05) is 17.6 Å². The molecule has 0 saturated heterocycles. The fraction of sp³-hybridized carbons (Fsp3) is 0.200. The molecule has 0 radical (unpaired) electrons. The minimum atomic E-state index is 0.363. The van der Waals surface area contributed by atoms with Crippen LogP contribution < -0.4 is 20.3 Å². The number of benzene rings is 2. The van der Waals surface area contributed by atoms with Gasteiger partial charge in [-0.2, -0.15) is 0 Å². The highest BCUT2D eigenvalue weighted by Gasteiger charge is 2.11. The molecule has 146 valence electrons. The third-order valence-electron chi connectivity index (χ3n) is 3.93. The van der Waals surface area contributed by atoms with Crippen LogP contribution in [0.15, 0.2) is 58.4 Å². The van der Waals surface area contributed by atoms with Gasteiger partial charge >= 0.3 is 0 Å². The third-order valence-corrected chi connectivity index (χ3v) is 5.61. The molecule has 8 heteroatoms. The number of rotatable bonds is 5. The lowest BCUT2D eigenvalue weighted by Gasteiger charge is -2.13. The first-order valence-corrected chi connectivity index (χ1v) is 10.5. The predicted octanol–water partition coefficient (Wildman–Crippen LogP) is 4.72. The Hall–Kier alpha value is -2.71. The highest BCUT2D eigenvalue weighted by atomic mass is 32.2. The molecular weight excluding hydrogens is 392 g/mol. The summed E-state index contributed by atoms with van der Waals surface area (Å²) < 4.78 is 12.5. The zero-order chi connectivity index (χ0) is 20.1. The quantitative estimate of drug-likeness (QED) is 0.360. The Labute approximate surface area is 172 Å². The zero-order valence-electron chi connectivity index (χ0n) is 16.1. The minimum Gasteiger partial charge on any atom is -0.497 e. The van der Waals surface area contributed by atoms with E-state index in [-0.39, 0.29) is 0 Å². The van der Waals surface area contributed by atoms with Crippen molar-refractivity contribution in [1.82, 2.24) is 3.96 Å². The second-order valence-corrected chi connectivity index (χ2v) is 7.93. The van der Waals surface area contributed by atoms with Crippen LogP contribution in [0.2, 0.25) is 0 Å². The summed E-state index contributed by atoms with van der Waals surface area (Å²) >= 11 is 3.13. The van der Waals surface area contributed by atoms with Crippen LogP contribution in [0.5, 0.6) is 11.5 Å². The predicted molar refractivity (Wildman–Crippen MR) is 117 cm³/mol. The highest BCUT2D eigenvalue weighted by molar-refractivity contribution is 7.98. The molecule has 2 N–H and O–H groups in total. The maximum Gasteiger partial charge on any atom is 0.223 e. The molecule has 2 aromatic carbocycles. The number of aromatic nitrogens is 1. The molecule has 0 fully saturated rings. The van der Waals surface area contributed by atoms with Gasteiger partial charge in [-0.05, 0) is 49.6 Å². The molecule has 1 heterocycles. The molecule has 3 aromatic rings. The molecule has 0 unspecified atom stereocenters. The summed E-state index contributed by atoms with van der Waals surface area (Å²) in [6.07, 6.45) is 2.04. The normalized spacial score (nSPS) is 11.4. The van der Waals surface area contributed by atoms with Crippen LogP contribution in [0.4, 0.5) is 11.4 Å². The Bertz CT molecular complexity index is 1060. The van der Waals surface area contributed by atoms with E-state index >= 15 is 0 Å². The Morgan fingerprint density at radius 1 is 1.14 bits per heavy atom. The molecule has 3 rings (SSSR count). The lowest BCUT2D eigenvalue weighted by molar-refractivity contribution is 0.395. The first-order valence-electron chi connectivity index (χ1n) is 8.50. The van der Waals surface area contributed by atoms with Gasteiger partial charge in [0.25, 0.3) is 0 Å². The second kappa shape index (κ2) is 8.99. The number of aliphatic imine (C=N–C) groups is 1. The molecule has 1 aromatic heterocycles. The van der Waals surface area contributed by atoms with Crippen molar-refractivity contribution in [2.45, 2.75) is 11.8 Å². The van der Waals surface area contributed by atoms with E-state index in [9.17, 15) is 0 Å². The average molecular weight is 415 g/mol. The topological polar surface area (TPSA) is 71.6 Å². The van der Waals surface area contributed by atoms with Crippen molar-refractivity contribution < 1.29 is 9.47 Å². The number of hydrogen-bond acceptors (Lipinski definition) is 6. The molecule has 0 bridgehead atoms.